The zero-order chi connectivity index (χ0) is 18.3. The largest absolute Gasteiger partial charge is 0.402 e. The summed E-state index contributed by atoms with van der Waals surface area (Å²) in [6.07, 6.45) is 5.20. The second-order valence-corrected chi connectivity index (χ2v) is 6.62. The third kappa shape index (κ3) is 2.61. The summed E-state index contributed by atoms with van der Waals surface area (Å²) >= 11 is 0. The van der Waals surface area contributed by atoms with Crippen molar-refractivity contribution in [2.24, 2.45) is 11.7 Å². The topological polar surface area (TPSA) is 80.5 Å². The second kappa shape index (κ2) is 6.16. The molecule has 2 amide bonds. The van der Waals surface area contributed by atoms with Gasteiger partial charge in [0, 0.05) is 16.8 Å². The molecule has 3 rings (SSSR count). The van der Waals surface area contributed by atoms with Crippen LogP contribution in [0.3, 0.4) is 0 Å². The quantitative estimate of drug-likeness (QED) is 0.857. The molecule has 0 radical (unpaired) electrons. The van der Waals surface area contributed by atoms with Gasteiger partial charge < -0.3 is 5.73 Å². The van der Waals surface area contributed by atoms with E-state index in [1.165, 1.54) is 0 Å². The van der Waals surface area contributed by atoms with Crippen molar-refractivity contribution >= 4 is 17.6 Å². The number of carbonyl (C=O) groups excluding carboxylic acids is 3. The van der Waals surface area contributed by atoms with Crippen molar-refractivity contribution in [3.63, 3.8) is 0 Å². The van der Waals surface area contributed by atoms with Gasteiger partial charge in [-0.3, -0.25) is 19.3 Å². The summed E-state index contributed by atoms with van der Waals surface area (Å²) in [4.78, 5) is 39.8. The van der Waals surface area contributed by atoms with Crippen molar-refractivity contribution in [1.29, 1.82) is 0 Å². The van der Waals surface area contributed by atoms with Crippen LogP contribution in [-0.2, 0) is 4.79 Å². The average molecular weight is 336 g/mol. The molecular formula is C20H20N2O3. The van der Waals surface area contributed by atoms with Crippen molar-refractivity contribution in [3.05, 3.63) is 70.5 Å². The molecule has 0 spiro atoms. The van der Waals surface area contributed by atoms with Crippen LogP contribution in [0.1, 0.15) is 41.5 Å². The lowest BCUT2D eigenvalue weighted by Gasteiger charge is -2.29. The molecule has 128 valence electrons. The van der Waals surface area contributed by atoms with Crippen LogP contribution in [0.15, 0.2) is 59.3 Å². The van der Waals surface area contributed by atoms with Gasteiger partial charge in [0.25, 0.3) is 11.8 Å². The predicted octanol–water partition coefficient (Wildman–Crippen LogP) is 2.61. The Morgan fingerprint density at radius 3 is 2.12 bits per heavy atom. The molecule has 0 bridgehead atoms. The summed E-state index contributed by atoms with van der Waals surface area (Å²) < 4.78 is 0. The highest BCUT2D eigenvalue weighted by molar-refractivity contribution is 6.24. The van der Waals surface area contributed by atoms with Gasteiger partial charge in [0.05, 0.1) is 11.1 Å². The van der Waals surface area contributed by atoms with E-state index in [2.05, 4.69) is 0 Å². The Balaban J connectivity index is 2.02. The van der Waals surface area contributed by atoms with Gasteiger partial charge in [-0.05, 0) is 25.0 Å². The molecule has 1 aliphatic heterocycles. The number of nitrogens with two attached hydrogens (primary N) is 1. The van der Waals surface area contributed by atoms with Crippen LogP contribution in [0.25, 0.3) is 0 Å². The Kier molecular flexibility index (Phi) is 4.17. The van der Waals surface area contributed by atoms with Gasteiger partial charge in [-0.2, -0.15) is 0 Å². The Morgan fingerprint density at radius 2 is 1.64 bits per heavy atom. The van der Waals surface area contributed by atoms with E-state index in [4.69, 9.17) is 5.73 Å². The van der Waals surface area contributed by atoms with E-state index in [1.54, 1.807) is 49.4 Å². The lowest BCUT2D eigenvalue weighted by molar-refractivity contribution is -0.120. The fourth-order valence-corrected chi connectivity index (χ4v) is 3.32. The highest BCUT2D eigenvalue weighted by Crippen LogP contribution is 2.31. The maximum atomic E-state index is 13.2. The second-order valence-electron chi connectivity index (χ2n) is 6.62. The first-order valence-electron chi connectivity index (χ1n) is 8.20. The number of carbonyl (C=O) groups is 3. The Labute approximate surface area is 146 Å². The van der Waals surface area contributed by atoms with Gasteiger partial charge in [-0.1, -0.05) is 44.2 Å². The van der Waals surface area contributed by atoms with Gasteiger partial charge in [-0.25, -0.2) is 0 Å². The van der Waals surface area contributed by atoms with Crippen LogP contribution in [0, 0.1) is 5.92 Å². The van der Waals surface area contributed by atoms with E-state index in [0.29, 0.717) is 28.0 Å². The van der Waals surface area contributed by atoms with E-state index in [9.17, 15) is 14.4 Å². The minimum absolute atomic E-state index is 0.226. The van der Waals surface area contributed by atoms with E-state index < -0.39 is 17.9 Å². The first-order chi connectivity index (χ1) is 11.8. The van der Waals surface area contributed by atoms with Gasteiger partial charge in [0.1, 0.15) is 6.04 Å². The van der Waals surface area contributed by atoms with Gasteiger partial charge >= 0.3 is 0 Å². The maximum Gasteiger partial charge on any atom is 0.262 e. The number of hydrogen-bond acceptors (Lipinski definition) is 4. The Bertz CT molecular complexity index is 836. The minimum atomic E-state index is -0.868. The van der Waals surface area contributed by atoms with Crippen molar-refractivity contribution in [3.8, 4) is 0 Å². The number of ketones is 1. The number of imide groups is 1. The van der Waals surface area contributed by atoms with Crippen molar-refractivity contribution in [2.75, 3.05) is 0 Å². The van der Waals surface area contributed by atoms with Crippen LogP contribution in [0.2, 0.25) is 0 Å². The summed E-state index contributed by atoms with van der Waals surface area (Å²) in [6.45, 7) is 5.37. The smallest absolute Gasteiger partial charge is 0.262 e. The molecule has 2 N–H and O–H groups in total. The maximum absolute atomic E-state index is 13.2. The fourth-order valence-electron chi connectivity index (χ4n) is 3.32. The first kappa shape index (κ1) is 16.9. The molecule has 1 aromatic rings. The Hall–Kier alpha value is -2.95. The van der Waals surface area contributed by atoms with E-state index in [1.807, 2.05) is 13.8 Å². The van der Waals surface area contributed by atoms with E-state index in [0.717, 1.165) is 4.90 Å². The van der Waals surface area contributed by atoms with Crippen molar-refractivity contribution in [1.82, 2.24) is 4.90 Å². The number of fused-ring (bicyclic) bond motifs is 1. The summed E-state index contributed by atoms with van der Waals surface area (Å²) in [7, 11) is 0. The molecule has 0 fully saturated rings. The molecule has 25 heavy (non-hydrogen) atoms. The van der Waals surface area contributed by atoms with E-state index in [-0.39, 0.29) is 11.7 Å². The normalized spacial score (nSPS) is 19.4. The molecule has 1 aromatic carbocycles. The van der Waals surface area contributed by atoms with Crippen LogP contribution in [-0.4, -0.2) is 28.5 Å². The molecule has 5 heteroatoms. The average Bonchev–Trinajstić information content (AvgIpc) is 3.15. The van der Waals surface area contributed by atoms with Crippen molar-refractivity contribution < 1.29 is 14.4 Å². The number of amides is 2. The first-order valence-corrected chi connectivity index (χ1v) is 8.20. The molecule has 0 saturated heterocycles. The van der Waals surface area contributed by atoms with Gasteiger partial charge in [0.15, 0.2) is 5.78 Å². The van der Waals surface area contributed by atoms with Gasteiger partial charge in [-0.15, -0.1) is 0 Å². The lowest BCUT2D eigenvalue weighted by atomic mass is 9.90. The standard InChI is InChI=1S/C20H20N2O3/c1-11(2)17(18(23)14-10-6-9-13(14)12(3)21)22-19(24)15-7-4-5-8-16(15)20(22)25/h4-11,17H,21H2,1-3H3/b13-12-/t17-/m1/s1. The third-order valence-electron chi connectivity index (χ3n) is 4.51. The molecular weight excluding hydrogens is 316 g/mol. The summed E-state index contributed by atoms with van der Waals surface area (Å²) in [5, 5.41) is 0. The Morgan fingerprint density at radius 1 is 1.08 bits per heavy atom. The number of allylic oxidation sites excluding steroid dienone is 5. The van der Waals surface area contributed by atoms with Gasteiger partial charge in [0.2, 0.25) is 0 Å². The lowest BCUT2D eigenvalue weighted by Crippen LogP contribution is -2.48. The molecule has 1 aliphatic carbocycles. The number of rotatable bonds is 4. The highest BCUT2D eigenvalue weighted by Gasteiger charge is 2.44. The zero-order valence-electron chi connectivity index (χ0n) is 14.4. The highest BCUT2D eigenvalue weighted by atomic mass is 16.2. The molecule has 1 heterocycles. The fraction of sp³-hybridized carbons (Fsp3) is 0.250. The van der Waals surface area contributed by atoms with E-state index >= 15 is 0 Å². The summed E-state index contributed by atoms with van der Waals surface area (Å²) in [5.41, 5.74) is 8.16. The molecule has 5 nitrogen and oxygen atoms in total. The monoisotopic (exact) mass is 336 g/mol. The van der Waals surface area contributed by atoms with Crippen molar-refractivity contribution in [2.45, 2.75) is 26.8 Å². The van der Waals surface area contributed by atoms with Crippen LogP contribution >= 0.6 is 0 Å². The molecule has 0 unspecified atom stereocenters. The minimum Gasteiger partial charge on any atom is -0.402 e. The number of nitrogens with zero attached hydrogens (tertiary/aromatic N) is 1. The zero-order valence-corrected chi connectivity index (χ0v) is 14.4. The molecule has 0 aromatic heterocycles. The van der Waals surface area contributed by atoms with Crippen LogP contribution in [0.4, 0.5) is 0 Å². The molecule has 2 aliphatic rings. The predicted molar refractivity (Wildman–Crippen MR) is 94.7 cm³/mol. The third-order valence-corrected chi connectivity index (χ3v) is 4.51. The van der Waals surface area contributed by atoms with Crippen LogP contribution < -0.4 is 5.73 Å². The summed E-state index contributed by atoms with van der Waals surface area (Å²) in [6, 6.07) is 5.78. The molecule has 1 atom stereocenters. The number of Topliss-reactive ketones (excluding diaryl/α,β-unsaturated/α-hetero) is 1. The number of hydrogen-bond donors (Lipinski definition) is 1. The summed E-state index contributed by atoms with van der Waals surface area (Å²) in [5.74, 6) is -1.34. The SMILES string of the molecule is C/C(N)=C1\C=CC=C1C(=O)[C@@H](C(C)C)N1C(=O)c2ccccc2C1=O. The number of benzene rings is 1. The van der Waals surface area contributed by atoms with Crippen LogP contribution in [0.5, 0.6) is 0 Å². The molecule has 0 saturated carbocycles.